The van der Waals surface area contributed by atoms with Crippen molar-refractivity contribution in [1.29, 1.82) is 0 Å². The number of nitrogens with one attached hydrogen (secondary N) is 1. The predicted molar refractivity (Wildman–Crippen MR) is 159 cm³/mol. The van der Waals surface area contributed by atoms with E-state index in [4.69, 9.17) is 4.74 Å². The molecule has 0 aliphatic heterocycles. The van der Waals surface area contributed by atoms with Crippen LogP contribution in [-0.2, 0) is 22.5 Å². The van der Waals surface area contributed by atoms with Gasteiger partial charge in [0.05, 0.1) is 12.0 Å². The van der Waals surface area contributed by atoms with Crippen LogP contribution in [0, 0.1) is 0 Å². The number of fused-ring (bicyclic) bond motifs is 1. The van der Waals surface area contributed by atoms with Gasteiger partial charge in [-0.25, -0.2) is 4.79 Å². The molecule has 0 fully saturated rings. The lowest BCUT2D eigenvalue weighted by Gasteiger charge is -2.18. The largest absolute Gasteiger partial charge is 0.494 e. The summed E-state index contributed by atoms with van der Waals surface area (Å²) < 4.78 is 10.1. The van der Waals surface area contributed by atoms with Crippen molar-refractivity contribution in [2.75, 3.05) is 20.8 Å². The molecule has 0 unspecified atom stereocenters. The second-order valence-electron chi connectivity index (χ2n) is 9.61. The number of aromatic amines is 1. The van der Waals surface area contributed by atoms with Crippen LogP contribution in [0.5, 0.6) is 11.6 Å². The van der Waals surface area contributed by atoms with Gasteiger partial charge in [0.15, 0.2) is 6.61 Å². The van der Waals surface area contributed by atoms with Gasteiger partial charge in [0.25, 0.3) is 5.91 Å². The normalized spacial score (nSPS) is 10.9. The Balaban J connectivity index is 1.25. The molecular formula is C32H28N2O6S. The number of amides is 1. The quantitative estimate of drug-likeness (QED) is 0.231. The van der Waals surface area contributed by atoms with Gasteiger partial charge < -0.3 is 19.5 Å². The van der Waals surface area contributed by atoms with E-state index >= 15 is 0 Å². The Morgan fingerprint density at radius 1 is 0.902 bits per heavy atom. The average Bonchev–Trinajstić information content (AvgIpc) is 3.31. The molecule has 2 N–H and O–H groups in total. The Kier molecular flexibility index (Phi) is 8.16. The molecule has 1 amide bonds. The fraction of sp³-hybridized carbons (Fsp3) is 0.156. The number of nitrogens with zero attached hydrogens (tertiary/aromatic N) is 1. The van der Waals surface area contributed by atoms with Crippen molar-refractivity contribution in [2.45, 2.75) is 13.0 Å². The van der Waals surface area contributed by atoms with E-state index in [2.05, 4.69) is 15.8 Å². The number of aromatic hydroxyl groups is 1. The van der Waals surface area contributed by atoms with Crippen LogP contribution in [0.3, 0.4) is 0 Å². The number of hydrogen-bond donors (Lipinski definition) is 2. The summed E-state index contributed by atoms with van der Waals surface area (Å²) in [6, 6.07) is 27.0. The molecule has 1 heterocycles. The first-order valence-corrected chi connectivity index (χ1v) is 13.7. The van der Waals surface area contributed by atoms with Crippen LogP contribution < -0.4 is 9.61 Å². The molecule has 5 rings (SSSR count). The number of thiazole rings is 1. The summed E-state index contributed by atoms with van der Waals surface area (Å²) in [7, 11) is 3.09. The Bertz CT molecular complexity index is 1770. The van der Waals surface area contributed by atoms with Gasteiger partial charge in [0.2, 0.25) is 5.88 Å². The fourth-order valence-corrected chi connectivity index (χ4v) is 5.29. The van der Waals surface area contributed by atoms with Crippen molar-refractivity contribution in [2.24, 2.45) is 0 Å². The van der Waals surface area contributed by atoms with Crippen LogP contribution in [0.4, 0.5) is 0 Å². The van der Waals surface area contributed by atoms with Crippen molar-refractivity contribution < 1.29 is 24.2 Å². The molecule has 5 aromatic rings. The minimum absolute atomic E-state index is 0.0738. The summed E-state index contributed by atoms with van der Waals surface area (Å²) in [5, 5.41) is 11.6. The lowest BCUT2D eigenvalue weighted by Crippen LogP contribution is -2.26. The van der Waals surface area contributed by atoms with Crippen LogP contribution in [0.15, 0.2) is 89.7 Å². The number of carbonyl (C=O) groups is 2. The molecule has 0 spiro atoms. The van der Waals surface area contributed by atoms with E-state index < -0.39 is 5.97 Å². The molecule has 208 valence electrons. The zero-order chi connectivity index (χ0) is 28.9. The minimum Gasteiger partial charge on any atom is -0.494 e. The monoisotopic (exact) mass is 568 g/mol. The number of benzene rings is 4. The van der Waals surface area contributed by atoms with E-state index in [9.17, 15) is 19.5 Å². The zero-order valence-corrected chi connectivity index (χ0v) is 23.4. The highest BCUT2D eigenvalue weighted by atomic mass is 32.1. The zero-order valence-electron chi connectivity index (χ0n) is 22.5. The molecule has 0 radical (unpaired) electrons. The molecule has 41 heavy (non-hydrogen) atoms. The van der Waals surface area contributed by atoms with Gasteiger partial charge in [0, 0.05) is 25.6 Å². The summed E-state index contributed by atoms with van der Waals surface area (Å²) in [4.78, 5) is 40.4. The topological polar surface area (TPSA) is 109 Å². The highest BCUT2D eigenvalue weighted by molar-refractivity contribution is 7.09. The number of aromatic nitrogens is 1. The van der Waals surface area contributed by atoms with E-state index in [1.807, 2.05) is 66.7 Å². The van der Waals surface area contributed by atoms with Crippen LogP contribution in [0.25, 0.3) is 21.9 Å². The SMILES string of the molecule is COC(=O)COc1ccc2cc(C(=O)N(C)Cc3cccc(-c4ccc(Cc5sc(=O)[nH]c5O)cc4)c3)ccc2c1. The maximum Gasteiger partial charge on any atom is 0.343 e. The number of ether oxygens (including phenoxy) is 2. The summed E-state index contributed by atoms with van der Waals surface area (Å²) >= 11 is 1.01. The first kappa shape index (κ1) is 27.7. The predicted octanol–water partition coefficient (Wildman–Crippen LogP) is 5.38. The Morgan fingerprint density at radius 2 is 1.66 bits per heavy atom. The number of methoxy groups -OCH3 is 1. The Morgan fingerprint density at radius 3 is 2.39 bits per heavy atom. The summed E-state index contributed by atoms with van der Waals surface area (Å²) in [5.74, 6) is -0.0749. The van der Waals surface area contributed by atoms with Gasteiger partial charge in [-0.1, -0.05) is 65.9 Å². The molecule has 0 aliphatic rings. The van der Waals surface area contributed by atoms with Crippen LogP contribution >= 0.6 is 11.3 Å². The van der Waals surface area contributed by atoms with Gasteiger partial charge in [-0.2, -0.15) is 0 Å². The average molecular weight is 569 g/mol. The lowest BCUT2D eigenvalue weighted by molar-refractivity contribution is -0.142. The molecule has 4 aromatic carbocycles. The van der Waals surface area contributed by atoms with Crippen LogP contribution in [-0.4, -0.2) is 47.6 Å². The number of hydrogen-bond acceptors (Lipinski definition) is 7. The number of carbonyl (C=O) groups excluding carboxylic acids is 2. The summed E-state index contributed by atoms with van der Waals surface area (Å²) in [5.41, 5.74) is 4.62. The molecule has 0 bridgehead atoms. The van der Waals surface area contributed by atoms with E-state index in [1.165, 1.54) is 7.11 Å². The van der Waals surface area contributed by atoms with Gasteiger partial charge in [0.1, 0.15) is 5.75 Å². The summed E-state index contributed by atoms with van der Waals surface area (Å²) in [6.45, 7) is 0.273. The number of rotatable bonds is 9. The van der Waals surface area contributed by atoms with E-state index in [1.54, 1.807) is 24.1 Å². The van der Waals surface area contributed by atoms with Crippen LogP contribution in [0.1, 0.15) is 26.4 Å². The minimum atomic E-state index is -0.455. The van der Waals surface area contributed by atoms with Crippen molar-refractivity contribution in [3.05, 3.63) is 116 Å². The van der Waals surface area contributed by atoms with E-state index in [-0.39, 0.29) is 23.3 Å². The molecule has 0 saturated carbocycles. The number of H-pyrrole nitrogens is 1. The second-order valence-corrected chi connectivity index (χ2v) is 10.7. The molecule has 0 aliphatic carbocycles. The first-order chi connectivity index (χ1) is 19.8. The van der Waals surface area contributed by atoms with Gasteiger partial charge >= 0.3 is 10.8 Å². The number of esters is 1. The maximum atomic E-state index is 13.2. The van der Waals surface area contributed by atoms with Crippen molar-refractivity contribution in [3.63, 3.8) is 0 Å². The first-order valence-electron chi connectivity index (χ1n) is 12.9. The molecule has 8 nitrogen and oxygen atoms in total. The molecule has 1 aromatic heterocycles. The van der Waals surface area contributed by atoms with E-state index in [0.29, 0.717) is 29.2 Å². The van der Waals surface area contributed by atoms with E-state index in [0.717, 1.165) is 44.4 Å². The highest BCUT2D eigenvalue weighted by Crippen LogP contribution is 2.26. The van der Waals surface area contributed by atoms with Crippen molar-refractivity contribution >= 4 is 34.0 Å². The van der Waals surface area contributed by atoms with Gasteiger partial charge in [-0.3, -0.25) is 14.6 Å². The summed E-state index contributed by atoms with van der Waals surface area (Å²) in [6.07, 6.45) is 0.474. The highest BCUT2D eigenvalue weighted by Gasteiger charge is 2.14. The third-order valence-corrected chi connectivity index (χ3v) is 7.56. The molecule has 0 atom stereocenters. The second kappa shape index (κ2) is 12.1. The Hall–Kier alpha value is -4.89. The van der Waals surface area contributed by atoms with Crippen molar-refractivity contribution in [3.8, 4) is 22.8 Å². The Labute approximate surface area is 240 Å². The van der Waals surface area contributed by atoms with Gasteiger partial charge in [-0.05, 0) is 63.4 Å². The lowest BCUT2D eigenvalue weighted by atomic mass is 10.0. The van der Waals surface area contributed by atoms with Crippen molar-refractivity contribution in [1.82, 2.24) is 9.88 Å². The fourth-order valence-electron chi connectivity index (χ4n) is 4.54. The smallest absolute Gasteiger partial charge is 0.343 e. The molecule has 0 saturated heterocycles. The third kappa shape index (κ3) is 6.64. The van der Waals surface area contributed by atoms with Gasteiger partial charge in [-0.15, -0.1) is 0 Å². The third-order valence-electron chi connectivity index (χ3n) is 6.69. The maximum absolute atomic E-state index is 13.2. The molecule has 9 heteroatoms. The van der Waals surface area contributed by atoms with Crippen LogP contribution in [0.2, 0.25) is 0 Å². The molecular weight excluding hydrogens is 540 g/mol. The standard InChI is InChI=1S/C32H28N2O6S/c1-34(31(37)26-11-10-25-17-27(13-12-24(25)16-26)40-19-29(35)39-2)18-21-4-3-5-23(14-21)22-8-6-20(7-9-22)15-28-30(36)33-32(38)41-28/h3-14,16-17,36H,15,18-19H2,1-2H3,(H,33,38).